The predicted octanol–water partition coefficient (Wildman–Crippen LogP) is 2.12. The molecule has 1 unspecified atom stereocenters. The molecule has 0 spiro atoms. The minimum Gasteiger partial charge on any atom is -0.368 e. The fourth-order valence-electron chi connectivity index (χ4n) is 4.49. The molecule has 0 saturated heterocycles. The molecule has 2 heterocycles. The second-order valence-electron chi connectivity index (χ2n) is 8.29. The van der Waals surface area contributed by atoms with Gasteiger partial charge in [0.2, 0.25) is 15.9 Å². The van der Waals surface area contributed by atoms with E-state index in [0.717, 1.165) is 5.56 Å². The number of rotatable bonds is 7. The summed E-state index contributed by atoms with van der Waals surface area (Å²) in [7, 11) is -3.59. The highest BCUT2D eigenvalue weighted by molar-refractivity contribution is 7.89. The van der Waals surface area contributed by atoms with Crippen molar-refractivity contribution in [3.05, 3.63) is 54.1 Å². The summed E-state index contributed by atoms with van der Waals surface area (Å²) in [5.74, 6) is -0.856. The van der Waals surface area contributed by atoms with Gasteiger partial charge in [-0.05, 0) is 48.7 Å². The Morgan fingerprint density at radius 2 is 1.82 bits per heavy atom. The SMILES string of the molecule is CCN(CC)S(=O)(=O)c1ccc2c(c1)CCCN2C(=O)C1=NN(c2ccccc2)C(C(N)=O)C1. The zero-order valence-corrected chi connectivity index (χ0v) is 20.2. The Kier molecular flexibility index (Phi) is 6.72. The first kappa shape index (κ1) is 23.9. The standard InChI is InChI=1S/C24H29N5O4S/c1-3-27(4-2)34(32,33)19-12-13-21-17(15-19)9-8-14-28(21)24(31)20-16-22(23(25)30)29(26-20)18-10-6-5-7-11-18/h5-7,10-13,15,22H,3-4,8-9,14,16H2,1-2H3,(H2,25,30). The number of nitrogens with two attached hydrogens (primary N) is 1. The number of benzene rings is 2. The van der Waals surface area contributed by atoms with Crippen LogP contribution in [0.1, 0.15) is 32.3 Å². The van der Waals surface area contributed by atoms with Gasteiger partial charge >= 0.3 is 0 Å². The largest absolute Gasteiger partial charge is 0.368 e. The molecule has 4 rings (SSSR count). The lowest BCUT2D eigenvalue weighted by Gasteiger charge is -2.30. The number of sulfonamides is 1. The number of hydrogen-bond donors (Lipinski definition) is 1. The number of hydrazone groups is 1. The fourth-order valence-corrected chi connectivity index (χ4v) is 6.00. The Bertz CT molecular complexity index is 1230. The predicted molar refractivity (Wildman–Crippen MR) is 131 cm³/mol. The number of hydrogen-bond acceptors (Lipinski definition) is 6. The van der Waals surface area contributed by atoms with Crippen molar-refractivity contribution in [3.8, 4) is 0 Å². The molecule has 2 aromatic carbocycles. The van der Waals surface area contributed by atoms with Crippen molar-refractivity contribution >= 4 is 38.9 Å². The molecule has 10 heteroatoms. The normalized spacial score (nSPS) is 18.1. The number of carbonyl (C=O) groups excluding carboxylic acids is 2. The smallest absolute Gasteiger partial charge is 0.274 e. The highest BCUT2D eigenvalue weighted by Crippen LogP contribution is 2.32. The van der Waals surface area contributed by atoms with Crippen LogP contribution in [-0.4, -0.2) is 55.9 Å². The van der Waals surface area contributed by atoms with E-state index in [-0.39, 0.29) is 22.9 Å². The third-order valence-corrected chi connectivity index (χ3v) is 8.31. The molecule has 0 aromatic heterocycles. The maximum absolute atomic E-state index is 13.5. The minimum absolute atomic E-state index is 0.114. The molecule has 2 aliphatic heterocycles. The quantitative estimate of drug-likeness (QED) is 0.648. The van der Waals surface area contributed by atoms with Gasteiger partial charge in [0.25, 0.3) is 5.91 Å². The van der Waals surface area contributed by atoms with Crippen molar-refractivity contribution in [2.75, 3.05) is 29.5 Å². The van der Waals surface area contributed by atoms with Crippen molar-refractivity contribution in [3.63, 3.8) is 0 Å². The van der Waals surface area contributed by atoms with Crippen molar-refractivity contribution in [2.24, 2.45) is 10.8 Å². The molecule has 9 nitrogen and oxygen atoms in total. The van der Waals surface area contributed by atoms with Gasteiger partial charge in [-0.2, -0.15) is 9.41 Å². The van der Waals surface area contributed by atoms with Gasteiger partial charge in [0, 0.05) is 31.7 Å². The van der Waals surface area contributed by atoms with Crippen molar-refractivity contribution in [1.82, 2.24) is 4.31 Å². The Hall–Kier alpha value is -3.24. The lowest BCUT2D eigenvalue weighted by Crippen LogP contribution is -2.42. The molecular formula is C24H29N5O4S. The van der Waals surface area contributed by atoms with Crippen LogP contribution >= 0.6 is 0 Å². The maximum Gasteiger partial charge on any atom is 0.274 e. The molecule has 180 valence electrons. The van der Waals surface area contributed by atoms with Crippen LogP contribution in [0.25, 0.3) is 0 Å². The Labute approximate surface area is 199 Å². The molecule has 0 saturated carbocycles. The Morgan fingerprint density at radius 3 is 2.47 bits per heavy atom. The van der Waals surface area contributed by atoms with Gasteiger partial charge in [-0.3, -0.25) is 14.6 Å². The van der Waals surface area contributed by atoms with Crippen LogP contribution in [0.5, 0.6) is 0 Å². The molecule has 2 aromatic rings. The summed E-state index contributed by atoms with van der Waals surface area (Å²) in [6, 6.07) is 13.3. The van der Waals surface area contributed by atoms with E-state index in [0.29, 0.717) is 43.9 Å². The molecule has 0 fully saturated rings. The first-order chi connectivity index (χ1) is 16.3. The van der Waals surface area contributed by atoms with Gasteiger partial charge < -0.3 is 10.6 Å². The second kappa shape index (κ2) is 9.55. The van der Waals surface area contributed by atoms with E-state index in [1.54, 1.807) is 49.1 Å². The molecule has 2 aliphatic rings. The van der Waals surface area contributed by atoms with Crippen LogP contribution in [-0.2, 0) is 26.0 Å². The van der Waals surface area contributed by atoms with E-state index >= 15 is 0 Å². The zero-order chi connectivity index (χ0) is 24.5. The number of nitrogens with zero attached hydrogens (tertiary/aromatic N) is 4. The molecule has 34 heavy (non-hydrogen) atoms. The summed E-state index contributed by atoms with van der Waals surface area (Å²) in [4.78, 5) is 27.4. The van der Waals surface area contributed by atoms with E-state index in [2.05, 4.69) is 5.10 Å². The summed E-state index contributed by atoms with van der Waals surface area (Å²) in [6.45, 7) is 4.87. The monoisotopic (exact) mass is 483 g/mol. The van der Waals surface area contributed by atoms with Gasteiger partial charge in [-0.15, -0.1) is 0 Å². The highest BCUT2D eigenvalue weighted by atomic mass is 32.2. The number of amides is 2. The number of carbonyl (C=O) groups is 2. The first-order valence-electron chi connectivity index (χ1n) is 11.4. The van der Waals surface area contributed by atoms with E-state index in [4.69, 9.17) is 5.73 Å². The molecule has 1 atom stereocenters. The third kappa shape index (κ3) is 4.30. The average Bonchev–Trinajstić information content (AvgIpc) is 3.30. The second-order valence-corrected chi connectivity index (χ2v) is 10.2. The fraction of sp³-hybridized carbons (Fsp3) is 0.375. The van der Waals surface area contributed by atoms with E-state index in [1.165, 1.54) is 9.31 Å². The maximum atomic E-state index is 13.5. The van der Waals surface area contributed by atoms with Crippen LogP contribution in [0, 0.1) is 0 Å². The summed E-state index contributed by atoms with van der Waals surface area (Å²) >= 11 is 0. The van der Waals surface area contributed by atoms with Gasteiger partial charge in [0.15, 0.2) is 0 Å². The molecule has 0 radical (unpaired) electrons. The summed E-state index contributed by atoms with van der Waals surface area (Å²) < 4.78 is 27.3. The van der Waals surface area contributed by atoms with E-state index < -0.39 is 22.0 Å². The number of aryl methyl sites for hydroxylation is 1. The lowest BCUT2D eigenvalue weighted by molar-refractivity contribution is -0.119. The molecule has 2 amide bonds. The Morgan fingerprint density at radius 1 is 1.12 bits per heavy atom. The molecular weight excluding hydrogens is 454 g/mol. The third-order valence-electron chi connectivity index (χ3n) is 6.26. The first-order valence-corrected chi connectivity index (χ1v) is 12.9. The minimum atomic E-state index is -3.59. The van der Waals surface area contributed by atoms with Crippen LogP contribution in [0.3, 0.4) is 0 Å². The summed E-state index contributed by atoms with van der Waals surface area (Å²) in [6.07, 6.45) is 1.49. The number of para-hydroxylation sites is 1. The highest BCUT2D eigenvalue weighted by Gasteiger charge is 2.38. The lowest BCUT2D eigenvalue weighted by atomic mass is 10.0. The summed E-state index contributed by atoms with van der Waals surface area (Å²) in [5, 5.41) is 5.97. The van der Waals surface area contributed by atoms with Gasteiger partial charge in [0.1, 0.15) is 11.8 Å². The van der Waals surface area contributed by atoms with E-state index in [1.807, 2.05) is 18.2 Å². The topological polar surface area (TPSA) is 116 Å². The van der Waals surface area contributed by atoms with Gasteiger partial charge in [0.05, 0.1) is 10.6 Å². The number of primary amides is 1. The Balaban J connectivity index is 1.64. The number of anilines is 2. The van der Waals surface area contributed by atoms with Crippen LogP contribution in [0.4, 0.5) is 11.4 Å². The van der Waals surface area contributed by atoms with Crippen LogP contribution in [0.2, 0.25) is 0 Å². The number of fused-ring (bicyclic) bond motifs is 1. The molecule has 0 aliphatic carbocycles. The van der Waals surface area contributed by atoms with Crippen molar-refractivity contribution in [2.45, 2.75) is 44.0 Å². The van der Waals surface area contributed by atoms with Gasteiger partial charge in [-0.25, -0.2) is 8.42 Å². The summed E-state index contributed by atoms with van der Waals surface area (Å²) in [5.41, 5.74) is 8.01. The molecule has 2 N–H and O–H groups in total. The van der Waals surface area contributed by atoms with Gasteiger partial charge in [-0.1, -0.05) is 32.0 Å². The average molecular weight is 484 g/mol. The van der Waals surface area contributed by atoms with Crippen LogP contribution < -0.4 is 15.6 Å². The zero-order valence-electron chi connectivity index (χ0n) is 19.3. The van der Waals surface area contributed by atoms with E-state index in [9.17, 15) is 18.0 Å². The van der Waals surface area contributed by atoms with Crippen molar-refractivity contribution < 1.29 is 18.0 Å². The molecule has 0 bridgehead atoms. The van der Waals surface area contributed by atoms with Crippen LogP contribution in [0.15, 0.2) is 58.5 Å². The van der Waals surface area contributed by atoms with Crippen molar-refractivity contribution in [1.29, 1.82) is 0 Å².